The molecule has 0 saturated carbocycles. The number of primary amides is 1. The molecule has 4 N–H and O–H groups in total. The number of amides is 3. The number of halogens is 1. The van der Waals surface area contributed by atoms with Gasteiger partial charge < -0.3 is 15.8 Å². The molecule has 0 heterocycles. The highest BCUT2D eigenvalue weighted by atomic mass is 35.5. The minimum absolute atomic E-state index is 0.288. The van der Waals surface area contributed by atoms with E-state index < -0.39 is 11.9 Å². The van der Waals surface area contributed by atoms with Crippen molar-refractivity contribution in [3.63, 3.8) is 0 Å². The summed E-state index contributed by atoms with van der Waals surface area (Å²) in [6.07, 6.45) is 0. The Bertz CT molecular complexity index is 466. The van der Waals surface area contributed by atoms with Crippen LogP contribution >= 0.6 is 11.6 Å². The summed E-state index contributed by atoms with van der Waals surface area (Å²) in [6.45, 7) is 3.06. The summed E-state index contributed by atoms with van der Waals surface area (Å²) in [4.78, 5) is 21.7. The highest BCUT2D eigenvalue weighted by Crippen LogP contribution is 2.22. The molecule has 1 rings (SSSR count). The number of urea groups is 1. The molecule has 0 atom stereocenters. The lowest BCUT2D eigenvalue weighted by Gasteiger charge is -2.11. The number of carbonyl (C=O) groups excluding carboxylic acids is 2. The van der Waals surface area contributed by atoms with Crippen LogP contribution in [0.5, 0.6) is 5.75 Å². The highest BCUT2D eigenvalue weighted by molar-refractivity contribution is 6.30. The van der Waals surface area contributed by atoms with Crippen LogP contribution in [0.1, 0.15) is 12.5 Å². The lowest BCUT2D eigenvalue weighted by Crippen LogP contribution is -2.38. The summed E-state index contributed by atoms with van der Waals surface area (Å²) in [5, 5.41) is 5.64. The maximum Gasteiger partial charge on any atom is 0.318 e. The molecule has 1 aromatic rings. The second-order valence-electron chi connectivity index (χ2n) is 3.73. The number of nitrogens with two attached hydrogens (primary N) is 1. The van der Waals surface area contributed by atoms with Crippen molar-refractivity contribution in [1.82, 2.24) is 10.6 Å². The lowest BCUT2D eigenvalue weighted by molar-refractivity contribution is -0.121. The number of nitrogens with one attached hydrogen (secondary N) is 2. The molecule has 0 spiro atoms. The van der Waals surface area contributed by atoms with Gasteiger partial charge in [-0.15, -0.1) is 0 Å². The second-order valence-corrected chi connectivity index (χ2v) is 4.17. The van der Waals surface area contributed by atoms with E-state index in [2.05, 4.69) is 5.32 Å². The Morgan fingerprint density at radius 3 is 2.79 bits per heavy atom. The van der Waals surface area contributed by atoms with Gasteiger partial charge >= 0.3 is 6.03 Å². The van der Waals surface area contributed by atoms with Crippen LogP contribution in [-0.4, -0.2) is 25.1 Å². The van der Waals surface area contributed by atoms with Gasteiger partial charge in [0.15, 0.2) is 6.61 Å². The predicted molar refractivity (Wildman–Crippen MR) is 72.1 cm³/mol. The molecule has 104 valence electrons. The Balaban J connectivity index is 2.66. The smallest absolute Gasteiger partial charge is 0.318 e. The van der Waals surface area contributed by atoms with Gasteiger partial charge in [-0.1, -0.05) is 18.5 Å². The van der Waals surface area contributed by atoms with Gasteiger partial charge in [-0.2, -0.15) is 0 Å². The second kappa shape index (κ2) is 7.60. The van der Waals surface area contributed by atoms with Gasteiger partial charge in [0.05, 0.1) is 0 Å². The van der Waals surface area contributed by atoms with Crippen LogP contribution in [0.25, 0.3) is 0 Å². The summed E-state index contributed by atoms with van der Waals surface area (Å²) in [5.74, 6) is -0.0678. The van der Waals surface area contributed by atoms with Gasteiger partial charge in [0, 0.05) is 17.1 Å². The van der Waals surface area contributed by atoms with Crippen LogP contribution in [0.15, 0.2) is 18.2 Å². The summed E-state index contributed by atoms with van der Waals surface area (Å²) < 4.78 is 5.33. The number of hydrogen-bond acceptors (Lipinski definition) is 4. The fourth-order valence-corrected chi connectivity index (χ4v) is 1.60. The fourth-order valence-electron chi connectivity index (χ4n) is 1.40. The van der Waals surface area contributed by atoms with Gasteiger partial charge in [0.25, 0.3) is 5.91 Å². The number of ether oxygens (including phenoxy) is 1. The van der Waals surface area contributed by atoms with E-state index in [4.69, 9.17) is 22.1 Å². The number of carbonyl (C=O) groups is 2. The average Bonchev–Trinajstić information content (AvgIpc) is 2.34. The van der Waals surface area contributed by atoms with E-state index >= 15 is 0 Å². The first-order valence-corrected chi connectivity index (χ1v) is 6.12. The van der Waals surface area contributed by atoms with Crippen molar-refractivity contribution in [3.05, 3.63) is 28.8 Å². The summed E-state index contributed by atoms with van der Waals surface area (Å²) in [7, 11) is 0. The van der Waals surface area contributed by atoms with Crippen molar-refractivity contribution >= 4 is 23.5 Å². The standard InChI is InChI=1S/C12H16ClN3O3/c1-2-15-6-8-5-9(13)3-4-10(8)19-7-11(17)16-12(14)18/h3-5,15H,2,6-7H2,1H3,(H3,14,16,17,18). The largest absolute Gasteiger partial charge is 0.483 e. The van der Waals surface area contributed by atoms with Crippen molar-refractivity contribution in [2.24, 2.45) is 5.73 Å². The van der Waals surface area contributed by atoms with Crippen molar-refractivity contribution in [3.8, 4) is 5.75 Å². The van der Waals surface area contributed by atoms with Gasteiger partial charge in [0.2, 0.25) is 0 Å². The first-order valence-electron chi connectivity index (χ1n) is 5.74. The highest BCUT2D eigenvalue weighted by Gasteiger charge is 2.08. The monoisotopic (exact) mass is 285 g/mol. The van der Waals surface area contributed by atoms with Crippen LogP contribution in [0.3, 0.4) is 0 Å². The topological polar surface area (TPSA) is 93.4 Å². The van der Waals surface area contributed by atoms with E-state index in [9.17, 15) is 9.59 Å². The van der Waals surface area contributed by atoms with Crippen LogP contribution < -0.4 is 21.1 Å². The van der Waals surface area contributed by atoms with Crippen molar-refractivity contribution in [1.29, 1.82) is 0 Å². The van der Waals surface area contributed by atoms with Gasteiger partial charge in [-0.25, -0.2) is 4.79 Å². The van der Waals surface area contributed by atoms with E-state index in [0.29, 0.717) is 17.3 Å². The fraction of sp³-hybridized carbons (Fsp3) is 0.333. The number of rotatable bonds is 6. The SMILES string of the molecule is CCNCc1cc(Cl)ccc1OCC(=O)NC(N)=O. The van der Waals surface area contributed by atoms with Crippen molar-refractivity contribution in [2.45, 2.75) is 13.5 Å². The number of benzene rings is 1. The van der Waals surface area contributed by atoms with E-state index in [1.165, 1.54) is 0 Å². The van der Waals surface area contributed by atoms with Gasteiger partial charge in [-0.05, 0) is 24.7 Å². The molecule has 0 radical (unpaired) electrons. The average molecular weight is 286 g/mol. The Hall–Kier alpha value is -1.79. The molecule has 0 aliphatic heterocycles. The Morgan fingerprint density at radius 1 is 1.42 bits per heavy atom. The molecule has 1 aromatic carbocycles. The molecule has 19 heavy (non-hydrogen) atoms. The first-order chi connectivity index (χ1) is 9.02. The van der Waals surface area contributed by atoms with E-state index in [1.807, 2.05) is 12.2 Å². The van der Waals surface area contributed by atoms with Crippen LogP contribution in [0, 0.1) is 0 Å². The van der Waals surface area contributed by atoms with Crippen molar-refractivity contribution < 1.29 is 14.3 Å². The Morgan fingerprint density at radius 2 is 2.16 bits per heavy atom. The zero-order chi connectivity index (χ0) is 14.3. The first kappa shape index (κ1) is 15.3. The minimum atomic E-state index is -0.905. The molecule has 6 nitrogen and oxygen atoms in total. The molecule has 0 unspecified atom stereocenters. The molecule has 0 saturated heterocycles. The van der Waals surface area contributed by atoms with Gasteiger partial charge in [0.1, 0.15) is 5.75 Å². The lowest BCUT2D eigenvalue weighted by atomic mass is 10.2. The maximum absolute atomic E-state index is 11.2. The molecular formula is C12H16ClN3O3. The Labute approximate surface area is 116 Å². The minimum Gasteiger partial charge on any atom is -0.483 e. The van der Waals surface area contributed by atoms with Crippen LogP contribution in [0.4, 0.5) is 4.79 Å². The third kappa shape index (κ3) is 5.58. The predicted octanol–water partition coefficient (Wildman–Crippen LogP) is 1.02. The molecule has 0 fully saturated rings. The molecule has 0 bridgehead atoms. The zero-order valence-electron chi connectivity index (χ0n) is 10.5. The van der Waals surface area contributed by atoms with E-state index in [1.54, 1.807) is 18.2 Å². The normalized spacial score (nSPS) is 10.0. The number of imide groups is 1. The molecule has 3 amide bonds. The van der Waals surface area contributed by atoms with Crippen LogP contribution in [-0.2, 0) is 11.3 Å². The third-order valence-electron chi connectivity index (χ3n) is 2.21. The van der Waals surface area contributed by atoms with Gasteiger partial charge in [-0.3, -0.25) is 10.1 Å². The summed E-state index contributed by atoms with van der Waals surface area (Å²) in [6, 6.07) is 4.19. The molecule has 0 aromatic heterocycles. The third-order valence-corrected chi connectivity index (χ3v) is 2.44. The summed E-state index contributed by atoms with van der Waals surface area (Å²) >= 11 is 5.90. The van der Waals surface area contributed by atoms with E-state index in [0.717, 1.165) is 12.1 Å². The summed E-state index contributed by atoms with van der Waals surface area (Å²) in [5.41, 5.74) is 5.66. The zero-order valence-corrected chi connectivity index (χ0v) is 11.3. The molecule has 7 heteroatoms. The number of hydrogen-bond donors (Lipinski definition) is 3. The Kier molecular flexibility index (Phi) is 6.11. The van der Waals surface area contributed by atoms with Crippen molar-refractivity contribution in [2.75, 3.05) is 13.2 Å². The van der Waals surface area contributed by atoms with Crippen LogP contribution in [0.2, 0.25) is 5.02 Å². The van der Waals surface area contributed by atoms with E-state index in [-0.39, 0.29) is 6.61 Å². The molecule has 0 aliphatic rings. The molecular weight excluding hydrogens is 270 g/mol. The molecule has 0 aliphatic carbocycles. The quantitative estimate of drug-likeness (QED) is 0.727. The maximum atomic E-state index is 11.2.